The molecule has 202 valence electrons. The Bertz CT molecular complexity index is 1140. The number of ether oxygens (including phenoxy) is 1. The number of aromatic amines is 1. The number of halogens is 4. The van der Waals surface area contributed by atoms with Gasteiger partial charge in [0.2, 0.25) is 5.91 Å². The van der Waals surface area contributed by atoms with Gasteiger partial charge in [-0.05, 0) is 57.7 Å². The molecule has 0 bridgehead atoms. The molecule has 1 aromatic carbocycles. The van der Waals surface area contributed by atoms with Gasteiger partial charge in [-0.25, -0.2) is 4.98 Å². The molecule has 2 aromatic rings. The van der Waals surface area contributed by atoms with Crippen molar-refractivity contribution in [1.29, 1.82) is 0 Å². The number of carbonyl (C=O) groups excluding carboxylic acids is 3. The Kier molecular flexibility index (Phi) is 8.85. The van der Waals surface area contributed by atoms with Crippen molar-refractivity contribution in [3.05, 3.63) is 46.5 Å². The summed E-state index contributed by atoms with van der Waals surface area (Å²) in [6.45, 7) is 3.82. The van der Waals surface area contributed by atoms with E-state index in [9.17, 15) is 27.6 Å². The Balaban J connectivity index is 1.53. The Morgan fingerprint density at radius 2 is 1.81 bits per heavy atom. The monoisotopic (exact) mass is 543 g/mol. The van der Waals surface area contributed by atoms with Crippen LogP contribution in [0.15, 0.2) is 24.5 Å². The van der Waals surface area contributed by atoms with Gasteiger partial charge in [-0.3, -0.25) is 14.4 Å². The van der Waals surface area contributed by atoms with Crippen LogP contribution >= 0.6 is 11.6 Å². The van der Waals surface area contributed by atoms with Crippen molar-refractivity contribution in [3.8, 4) is 0 Å². The lowest BCUT2D eigenvalue weighted by atomic mass is 9.85. The fourth-order valence-corrected chi connectivity index (χ4v) is 4.04. The zero-order valence-electron chi connectivity index (χ0n) is 20.6. The number of amides is 3. The van der Waals surface area contributed by atoms with Gasteiger partial charge in [0.1, 0.15) is 5.69 Å². The van der Waals surface area contributed by atoms with Gasteiger partial charge < -0.3 is 25.7 Å². The average Bonchev–Trinajstić information content (AvgIpc) is 3.34. The van der Waals surface area contributed by atoms with Crippen molar-refractivity contribution in [1.82, 2.24) is 20.6 Å². The second-order valence-corrected chi connectivity index (χ2v) is 9.88. The number of hydrogen-bond acceptors (Lipinski definition) is 5. The summed E-state index contributed by atoms with van der Waals surface area (Å²) in [5, 5.41) is 8.04. The number of rotatable bonds is 8. The van der Waals surface area contributed by atoms with E-state index < -0.39 is 41.0 Å². The minimum Gasteiger partial charge on any atom is -0.377 e. The highest BCUT2D eigenvalue weighted by atomic mass is 35.5. The maximum absolute atomic E-state index is 13.0. The highest BCUT2D eigenvalue weighted by molar-refractivity contribution is 6.33. The van der Waals surface area contributed by atoms with Gasteiger partial charge in [0.05, 0.1) is 28.2 Å². The summed E-state index contributed by atoms with van der Waals surface area (Å²) in [4.78, 5) is 44.6. The Morgan fingerprint density at radius 1 is 1.14 bits per heavy atom. The second-order valence-electron chi connectivity index (χ2n) is 9.48. The zero-order valence-corrected chi connectivity index (χ0v) is 21.3. The molecule has 3 amide bonds. The summed E-state index contributed by atoms with van der Waals surface area (Å²) in [5.41, 5.74) is -1.63. The maximum Gasteiger partial charge on any atom is 0.416 e. The van der Waals surface area contributed by atoms with E-state index in [4.69, 9.17) is 16.3 Å². The summed E-state index contributed by atoms with van der Waals surface area (Å²) in [6.07, 6.45) is -1.54. The van der Waals surface area contributed by atoms with Gasteiger partial charge in [0.25, 0.3) is 11.8 Å². The third kappa shape index (κ3) is 7.45. The van der Waals surface area contributed by atoms with Crippen molar-refractivity contribution in [3.63, 3.8) is 0 Å². The smallest absolute Gasteiger partial charge is 0.377 e. The van der Waals surface area contributed by atoms with E-state index in [0.29, 0.717) is 25.7 Å². The van der Waals surface area contributed by atoms with Gasteiger partial charge in [-0.2, -0.15) is 13.2 Å². The van der Waals surface area contributed by atoms with Crippen molar-refractivity contribution >= 4 is 35.0 Å². The molecule has 9 nitrogen and oxygen atoms in total. The molecule has 0 radical (unpaired) electrons. The summed E-state index contributed by atoms with van der Waals surface area (Å²) in [5.74, 6) is -1.91. The van der Waals surface area contributed by atoms with E-state index in [1.54, 1.807) is 13.8 Å². The van der Waals surface area contributed by atoms with Gasteiger partial charge >= 0.3 is 6.18 Å². The van der Waals surface area contributed by atoms with Crippen molar-refractivity contribution in [2.75, 3.05) is 19.0 Å². The minimum atomic E-state index is -4.56. The third-order valence-electron chi connectivity index (χ3n) is 6.29. The summed E-state index contributed by atoms with van der Waals surface area (Å²) in [7, 11) is 1.53. The lowest BCUT2D eigenvalue weighted by Crippen LogP contribution is -2.42. The molecular formula is C24H29ClF3N5O4. The number of imidazole rings is 1. The van der Waals surface area contributed by atoms with Crippen LogP contribution in [0.2, 0.25) is 5.02 Å². The fourth-order valence-electron chi connectivity index (χ4n) is 3.88. The second kappa shape index (κ2) is 11.5. The SMILES string of the molecule is COC(C)(C)CNC(=O)c1nc[nH]c1C(=O)N[C@H]1CC[C@H](C(=O)Nc2cc(C(F)(F)F)ccc2Cl)CC1. The topological polar surface area (TPSA) is 125 Å². The average molecular weight is 544 g/mol. The quantitative estimate of drug-likeness (QED) is 0.398. The summed E-state index contributed by atoms with van der Waals surface area (Å²) < 4.78 is 44.2. The lowest BCUT2D eigenvalue weighted by molar-refractivity contribution is -0.137. The number of alkyl halides is 3. The van der Waals surface area contributed by atoms with Crippen molar-refractivity contribution < 1.29 is 32.3 Å². The standard InChI is InChI=1S/C24H29ClF3N5O4/c1-23(2,37-3)11-29-21(35)18-19(31-12-30-18)22(36)32-15-7-4-13(5-8-15)20(34)33-17-10-14(24(26,27)28)6-9-16(17)25/h6,9-10,12-13,15H,4-5,7-8,11H2,1-3H3,(H,29,35)(H,30,31)(H,32,36)(H,33,34)/t13-,15-. The van der Waals surface area contributed by atoms with Crippen LogP contribution in [-0.2, 0) is 15.7 Å². The molecule has 0 saturated heterocycles. The van der Waals surface area contributed by atoms with Crippen LogP contribution in [0, 0.1) is 5.92 Å². The van der Waals surface area contributed by atoms with Crippen molar-refractivity contribution in [2.45, 2.75) is 57.3 Å². The van der Waals surface area contributed by atoms with Crippen LogP contribution in [0.1, 0.15) is 66.1 Å². The van der Waals surface area contributed by atoms with E-state index in [1.807, 2.05) is 0 Å². The first-order valence-corrected chi connectivity index (χ1v) is 12.0. The number of carbonyl (C=O) groups is 3. The molecule has 4 N–H and O–H groups in total. The van der Waals surface area contributed by atoms with E-state index in [2.05, 4.69) is 25.9 Å². The number of nitrogens with one attached hydrogen (secondary N) is 4. The lowest BCUT2D eigenvalue weighted by Gasteiger charge is -2.28. The molecule has 1 saturated carbocycles. The number of benzene rings is 1. The Hall–Kier alpha value is -3.12. The first-order valence-electron chi connectivity index (χ1n) is 11.7. The number of H-pyrrole nitrogens is 1. The first-order chi connectivity index (χ1) is 17.3. The number of hydrogen-bond donors (Lipinski definition) is 4. The molecule has 1 fully saturated rings. The highest BCUT2D eigenvalue weighted by Crippen LogP contribution is 2.34. The number of nitrogens with zero attached hydrogens (tertiary/aromatic N) is 1. The predicted octanol–water partition coefficient (Wildman–Crippen LogP) is 4.16. The zero-order chi connectivity index (χ0) is 27.4. The normalized spacial score (nSPS) is 18.2. The van der Waals surface area contributed by atoms with Gasteiger partial charge in [-0.1, -0.05) is 11.6 Å². The molecule has 1 heterocycles. The van der Waals surface area contributed by atoms with Crippen LogP contribution in [0.25, 0.3) is 0 Å². The fraction of sp³-hybridized carbons (Fsp3) is 0.500. The van der Waals surface area contributed by atoms with Gasteiger partial charge in [0.15, 0.2) is 5.69 Å². The molecule has 37 heavy (non-hydrogen) atoms. The first kappa shape index (κ1) is 28.5. The number of aromatic nitrogens is 2. The largest absolute Gasteiger partial charge is 0.416 e. The summed E-state index contributed by atoms with van der Waals surface area (Å²) in [6, 6.07) is 2.50. The van der Waals surface area contributed by atoms with Crippen LogP contribution in [0.3, 0.4) is 0 Å². The van der Waals surface area contributed by atoms with Crippen molar-refractivity contribution in [2.24, 2.45) is 5.92 Å². The van der Waals surface area contributed by atoms with E-state index >= 15 is 0 Å². The van der Waals surface area contributed by atoms with Gasteiger partial charge in [0, 0.05) is 25.6 Å². The van der Waals surface area contributed by atoms with Gasteiger partial charge in [-0.15, -0.1) is 0 Å². The summed E-state index contributed by atoms with van der Waals surface area (Å²) >= 11 is 5.97. The molecule has 1 aliphatic rings. The van der Waals surface area contributed by atoms with Crippen LogP contribution in [-0.4, -0.2) is 53.0 Å². The molecule has 0 unspecified atom stereocenters. The molecule has 0 atom stereocenters. The van der Waals surface area contributed by atoms with Crippen LogP contribution < -0.4 is 16.0 Å². The molecule has 13 heteroatoms. The van der Waals surface area contributed by atoms with Crippen LogP contribution in [0.4, 0.5) is 18.9 Å². The highest BCUT2D eigenvalue weighted by Gasteiger charge is 2.32. The van der Waals surface area contributed by atoms with E-state index in [0.717, 1.165) is 18.2 Å². The van der Waals surface area contributed by atoms with E-state index in [-0.39, 0.29) is 34.7 Å². The minimum absolute atomic E-state index is 0.00693. The number of methoxy groups -OCH3 is 1. The molecule has 0 aliphatic heterocycles. The molecule has 1 aromatic heterocycles. The Morgan fingerprint density at radius 3 is 2.43 bits per heavy atom. The predicted molar refractivity (Wildman–Crippen MR) is 130 cm³/mol. The third-order valence-corrected chi connectivity index (χ3v) is 6.62. The van der Waals surface area contributed by atoms with Crippen LogP contribution in [0.5, 0.6) is 0 Å². The van der Waals surface area contributed by atoms with E-state index in [1.165, 1.54) is 13.4 Å². The molecule has 3 rings (SSSR count). The molecule has 1 aliphatic carbocycles. The molecular weight excluding hydrogens is 515 g/mol. The Labute approximate surface area is 216 Å². The maximum atomic E-state index is 13.0. The number of anilines is 1. The molecule has 0 spiro atoms.